The molecule has 0 heterocycles. The summed E-state index contributed by atoms with van der Waals surface area (Å²) in [7, 11) is 0. The van der Waals surface area contributed by atoms with Gasteiger partial charge in [0.15, 0.2) is 0 Å². The molecule has 1 amide bonds. The third kappa shape index (κ3) is 5.06. The number of rotatable bonds is 3. The van der Waals surface area contributed by atoms with E-state index in [0.717, 1.165) is 6.92 Å². The van der Waals surface area contributed by atoms with Crippen LogP contribution < -0.4 is 5.32 Å². The molecule has 0 aromatic rings. The van der Waals surface area contributed by atoms with Crippen molar-refractivity contribution >= 4 is 11.9 Å². The summed E-state index contributed by atoms with van der Waals surface area (Å²) in [5, 5.41) is 10.5. The van der Waals surface area contributed by atoms with Gasteiger partial charge in [0.05, 0.1) is 0 Å². The summed E-state index contributed by atoms with van der Waals surface area (Å²) in [6.07, 6.45) is -5.20. The van der Waals surface area contributed by atoms with Crippen molar-refractivity contribution in [2.45, 2.75) is 45.8 Å². The lowest BCUT2D eigenvalue weighted by molar-refractivity contribution is -0.178. The molecule has 0 aromatic heterocycles. The minimum Gasteiger partial charge on any atom is -0.480 e. The SMILES string of the molecule is CC(C)(C)CC(C)(NC(=O)C(F)(F)F)C(=O)O. The molecule has 1 unspecified atom stereocenters. The molecule has 0 aliphatic carbocycles. The van der Waals surface area contributed by atoms with Crippen LogP contribution in [-0.2, 0) is 9.59 Å². The van der Waals surface area contributed by atoms with Gasteiger partial charge in [0.25, 0.3) is 0 Å². The zero-order valence-electron chi connectivity index (χ0n) is 10.1. The minimum atomic E-state index is -5.09. The van der Waals surface area contributed by atoms with Crippen LogP contribution in [0.1, 0.15) is 34.1 Å². The van der Waals surface area contributed by atoms with Gasteiger partial charge in [0.2, 0.25) is 0 Å². The quantitative estimate of drug-likeness (QED) is 0.810. The fourth-order valence-corrected chi connectivity index (χ4v) is 1.56. The van der Waals surface area contributed by atoms with Gasteiger partial charge in [-0.1, -0.05) is 20.8 Å². The molecular weight excluding hydrogens is 239 g/mol. The van der Waals surface area contributed by atoms with Crippen LogP contribution >= 0.6 is 0 Å². The van der Waals surface area contributed by atoms with Crippen LogP contribution in [0.5, 0.6) is 0 Å². The first-order chi connectivity index (χ1) is 7.28. The largest absolute Gasteiger partial charge is 0.480 e. The lowest BCUT2D eigenvalue weighted by Crippen LogP contribution is -2.57. The minimum absolute atomic E-state index is 0.114. The van der Waals surface area contributed by atoms with Crippen molar-refractivity contribution in [1.82, 2.24) is 5.32 Å². The van der Waals surface area contributed by atoms with Crippen LogP contribution in [0.25, 0.3) is 0 Å². The molecule has 17 heavy (non-hydrogen) atoms. The average molecular weight is 255 g/mol. The number of halogens is 3. The first-order valence-corrected chi connectivity index (χ1v) is 4.91. The molecule has 0 saturated heterocycles. The van der Waals surface area contributed by atoms with Gasteiger partial charge < -0.3 is 10.4 Å². The highest BCUT2D eigenvalue weighted by Gasteiger charge is 2.46. The smallest absolute Gasteiger partial charge is 0.471 e. The second kappa shape index (κ2) is 4.54. The van der Waals surface area contributed by atoms with E-state index in [9.17, 15) is 22.8 Å². The van der Waals surface area contributed by atoms with Gasteiger partial charge in [-0.15, -0.1) is 0 Å². The number of amides is 1. The van der Waals surface area contributed by atoms with E-state index < -0.39 is 29.0 Å². The third-order valence-corrected chi connectivity index (χ3v) is 2.00. The second-order valence-electron chi connectivity index (χ2n) is 5.33. The molecule has 0 radical (unpaired) electrons. The van der Waals surface area contributed by atoms with E-state index in [2.05, 4.69) is 0 Å². The van der Waals surface area contributed by atoms with Gasteiger partial charge >= 0.3 is 18.1 Å². The Bertz CT molecular complexity index is 320. The maximum atomic E-state index is 12.1. The second-order valence-corrected chi connectivity index (χ2v) is 5.33. The van der Waals surface area contributed by atoms with E-state index >= 15 is 0 Å². The topological polar surface area (TPSA) is 66.4 Å². The molecule has 0 fully saturated rings. The molecule has 4 nitrogen and oxygen atoms in total. The Morgan fingerprint density at radius 2 is 1.53 bits per heavy atom. The zero-order chi connectivity index (χ0) is 14.1. The Morgan fingerprint density at radius 3 is 1.76 bits per heavy atom. The molecule has 2 N–H and O–H groups in total. The number of carbonyl (C=O) groups is 2. The standard InChI is InChI=1S/C10H16F3NO3/c1-8(2,3)5-9(4,7(16)17)14-6(15)10(11,12)13/h5H2,1-4H3,(H,14,15)(H,16,17). The predicted molar refractivity (Wildman–Crippen MR) is 54.3 cm³/mol. The number of carboxylic acid groups (broad SMARTS) is 1. The van der Waals surface area contributed by atoms with E-state index in [4.69, 9.17) is 5.11 Å². The molecule has 0 aliphatic heterocycles. The summed E-state index contributed by atoms with van der Waals surface area (Å²) in [4.78, 5) is 21.8. The number of aliphatic carboxylic acids is 1. The lowest BCUT2D eigenvalue weighted by Gasteiger charge is -2.33. The summed E-state index contributed by atoms with van der Waals surface area (Å²) in [5.41, 5.74) is -2.48. The Labute approximate surface area is 97.2 Å². The Morgan fingerprint density at radius 1 is 1.12 bits per heavy atom. The first kappa shape index (κ1) is 15.7. The summed E-state index contributed by atoms with van der Waals surface area (Å²) >= 11 is 0. The maximum Gasteiger partial charge on any atom is 0.471 e. The Hall–Kier alpha value is -1.27. The Kier molecular flexibility index (Phi) is 4.20. The summed E-state index contributed by atoms with van der Waals surface area (Å²) in [6.45, 7) is 6.08. The third-order valence-electron chi connectivity index (χ3n) is 2.00. The molecule has 0 aromatic carbocycles. The zero-order valence-corrected chi connectivity index (χ0v) is 10.1. The average Bonchev–Trinajstić information content (AvgIpc) is 1.97. The molecule has 7 heteroatoms. The van der Waals surface area contributed by atoms with Crippen LogP contribution in [0.3, 0.4) is 0 Å². The molecule has 0 aliphatic rings. The van der Waals surface area contributed by atoms with Gasteiger partial charge in [-0.05, 0) is 18.8 Å². The van der Waals surface area contributed by atoms with Crippen LogP contribution in [0.15, 0.2) is 0 Å². The van der Waals surface area contributed by atoms with Crippen molar-refractivity contribution in [3.63, 3.8) is 0 Å². The molecule has 1 atom stereocenters. The van der Waals surface area contributed by atoms with Crippen molar-refractivity contribution in [1.29, 1.82) is 0 Å². The fourth-order valence-electron chi connectivity index (χ4n) is 1.56. The van der Waals surface area contributed by atoms with Crippen molar-refractivity contribution in [2.24, 2.45) is 5.41 Å². The van der Waals surface area contributed by atoms with Crippen LogP contribution in [0, 0.1) is 5.41 Å². The number of hydrogen-bond acceptors (Lipinski definition) is 2. The molecule has 100 valence electrons. The number of carboxylic acids is 1. The van der Waals surface area contributed by atoms with Crippen molar-refractivity contribution < 1.29 is 27.9 Å². The molecule has 0 bridgehead atoms. The first-order valence-electron chi connectivity index (χ1n) is 4.91. The van der Waals surface area contributed by atoms with Crippen LogP contribution in [-0.4, -0.2) is 28.7 Å². The number of carbonyl (C=O) groups excluding carboxylic acids is 1. The Balaban J connectivity index is 5.00. The maximum absolute atomic E-state index is 12.1. The van der Waals surface area contributed by atoms with E-state index in [0.29, 0.717) is 0 Å². The van der Waals surface area contributed by atoms with Crippen molar-refractivity contribution in [3.05, 3.63) is 0 Å². The molecule has 0 rings (SSSR count). The highest BCUT2D eigenvalue weighted by Crippen LogP contribution is 2.28. The monoisotopic (exact) mass is 255 g/mol. The van der Waals surface area contributed by atoms with E-state index in [1.807, 2.05) is 0 Å². The van der Waals surface area contributed by atoms with E-state index in [-0.39, 0.29) is 6.42 Å². The number of alkyl halides is 3. The van der Waals surface area contributed by atoms with Gasteiger partial charge in [0, 0.05) is 0 Å². The number of nitrogens with one attached hydrogen (secondary N) is 1. The van der Waals surface area contributed by atoms with Crippen molar-refractivity contribution in [2.75, 3.05) is 0 Å². The van der Waals surface area contributed by atoms with Crippen LogP contribution in [0.4, 0.5) is 13.2 Å². The summed E-state index contributed by atoms with van der Waals surface area (Å²) in [5.74, 6) is -3.74. The summed E-state index contributed by atoms with van der Waals surface area (Å²) < 4.78 is 36.2. The molecule has 0 spiro atoms. The highest BCUT2D eigenvalue weighted by molar-refractivity contribution is 5.89. The van der Waals surface area contributed by atoms with E-state index in [1.165, 1.54) is 5.32 Å². The summed E-state index contributed by atoms with van der Waals surface area (Å²) in [6, 6.07) is 0. The van der Waals surface area contributed by atoms with Gasteiger partial charge in [-0.3, -0.25) is 4.79 Å². The predicted octanol–water partition coefficient (Wildman–Crippen LogP) is 1.94. The van der Waals surface area contributed by atoms with Gasteiger partial charge in [-0.2, -0.15) is 13.2 Å². The van der Waals surface area contributed by atoms with Gasteiger partial charge in [-0.25, -0.2) is 4.79 Å². The van der Waals surface area contributed by atoms with Crippen LogP contribution in [0.2, 0.25) is 0 Å². The molecule has 0 saturated carbocycles. The highest BCUT2D eigenvalue weighted by atomic mass is 19.4. The normalized spacial score (nSPS) is 16.2. The van der Waals surface area contributed by atoms with E-state index in [1.54, 1.807) is 20.8 Å². The van der Waals surface area contributed by atoms with Crippen molar-refractivity contribution in [3.8, 4) is 0 Å². The molecular formula is C10H16F3NO3. The lowest BCUT2D eigenvalue weighted by atomic mass is 9.80. The van der Waals surface area contributed by atoms with Gasteiger partial charge in [0.1, 0.15) is 5.54 Å². The number of hydrogen-bond donors (Lipinski definition) is 2. The fraction of sp³-hybridized carbons (Fsp3) is 0.800.